The molecule has 0 aliphatic heterocycles. The molecule has 152 valence electrons. The molecule has 6 heteroatoms. The van der Waals surface area contributed by atoms with E-state index in [-0.39, 0.29) is 12.0 Å². The minimum Gasteiger partial charge on any atom is -0.493 e. The molecule has 28 heavy (non-hydrogen) atoms. The van der Waals surface area contributed by atoms with Gasteiger partial charge in [-0.2, -0.15) is 0 Å². The first-order valence-electron chi connectivity index (χ1n) is 9.42. The third-order valence-electron chi connectivity index (χ3n) is 3.97. The highest BCUT2D eigenvalue weighted by atomic mass is 79.9. The van der Waals surface area contributed by atoms with Crippen molar-refractivity contribution in [1.82, 2.24) is 5.32 Å². The summed E-state index contributed by atoms with van der Waals surface area (Å²) in [5.74, 6) is 0.962. The highest BCUT2D eigenvalue weighted by Crippen LogP contribution is 2.36. The molecule has 0 spiro atoms. The van der Waals surface area contributed by atoms with E-state index in [0.29, 0.717) is 41.3 Å². The average Bonchev–Trinajstić information content (AvgIpc) is 2.69. The predicted octanol–water partition coefficient (Wildman–Crippen LogP) is 5.10. The lowest BCUT2D eigenvalue weighted by Gasteiger charge is -2.14. The van der Waals surface area contributed by atoms with Crippen molar-refractivity contribution in [2.24, 2.45) is 0 Å². The quantitative estimate of drug-likeness (QED) is 0.547. The van der Waals surface area contributed by atoms with Crippen molar-refractivity contribution in [3.8, 4) is 11.5 Å². The molecular weight excluding hydrogens is 422 g/mol. The molecule has 1 N–H and O–H groups in total. The zero-order valence-corrected chi connectivity index (χ0v) is 18.5. The highest BCUT2D eigenvalue weighted by molar-refractivity contribution is 9.10. The van der Waals surface area contributed by atoms with Gasteiger partial charge in [0.25, 0.3) is 5.91 Å². The molecule has 0 bridgehead atoms. The van der Waals surface area contributed by atoms with E-state index in [1.54, 1.807) is 19.2 Å². The molecule has 0 unspecified atom stereocenters. The number of carbonyl (C=O) groups excluding carboxylic acids is 1. The van der Waals surface area contributed by atoms with Crippen molar-refractivity contribution >= 4 is 21.8 Å². The van der Waals surface area contributed by atoms with Crippen LogP contribution < -0.4 is 14.8 Å². The van der Waals surface area contributed by atoms with E-state index in [1.807, 2.05) is 45.0 Å². The van der Waals surface area contributed by atoms with E-state index < -0.39 is 0 Å². The number of nitrogens with one attached hydrogen (secondary N) is 1. The van der Waals surface area contributed by atoms with Gasteiger partial charge in [-0.15, -0.1) is 0 Å². The molecular formula is C22H28BrNO4. The van der Waals surface area contributed by atoms with Crippen molar-refractivity contribution in [1.29, 1.82) is 0 Å². The van der Waals surface area contributed by atoms with Crippen LogP contribution in [0.4, 0.5) is 0 Å². The first-order chi connectivity index (χ1) is 13.4. The number of ether oxygens (including phenoxy) is 3. The second-order valence-electron chi connectivity index (χ2n) is 6.70. The molecule has 2 rings (SSSR count). The van der Waals surface area contributed by atoms with Gasteiger partial charge in [-0.1, -0.05) is 31.2 Å². The average molecular weight is 450 g/mol. The smallest absolute Gasteiger partial charge is 0.251 e. The summed E-state index contributed by atoms with van der Waals surface area (Å²) in [5, 5.41) is 2.95. The fraction of sp³-hybridized carbons (Fsp3) is 0.409. The summed E-state index contributed by atoms with van der Waals surface area (Å²) >= 11 is 3.47. The van der Waals surface area contributed by atoms with Crippen LogP contribution in [-0.4, -0.2) is 25.7 Å². The lowest BCUT2D eigenvalue weighted by Crippen LogP contribution is -2.23. The lowest BCUT2D eigenvalue weighted by molar-refractivity contribution is 0.0657. The Morgan fingerprint density at radius 2 is 1.93 bits per heavy atom. The maximum Gasteiger partial charge on any atom is 0.251 e. The summed E-state index contributed by atoms with van der Waals surface area (Å²) in [6.07, 6.45) is 1.07. The standard InChI is InChI=1S/C22H28BrNO4/c1-5-9-27-21-19(23)11-18(12-20(21)26-4)22(25)24-13-16-7-6-8-17(10-16)14-28-15(2)3/h6-8,10-12,15H,5,9,13-14H2,1-4H3,(H,24,25). The van der Waals surface area contributed by atoms with Crippen molar-refractivity contribution in [2.75, 3.05) is 13.7 Å². The fourth-order valence-electron chi connectivity index (χ4n) is 2.57. The summed E-state index contributed by atoms with van der Waals surface area (Å²) in [6, 6.07) is 11.5. The van der Waals surface area contributed by atoms with Crippen LogP contribution in [0.25, 0.3) is 0 Å². The Morgan fingerprint density at radius 3 is 2.61 bits per heavy atom. The van der Waals surface area contributed by atoms with Gasteiger partial charge in [0.2, 0.25) is 0 Å². The van der Waals surface area contributed by atoms with Crippen LogP contribution in [0.5, 0.6) is 11.5 Å². The molecule has 0 aromatic heterocycles. The van der Waals surface area contributed by atoms with Gasteiger partial charge in [0.15, 0.2) is 11.5 Å². The van der Waals surface area contributed by atoms with Crippen LogP contribution in [0.2, 0.25) is 0 Å². The molecule has 0 aliphatic carbocycles. The normalized spacial score (nSPS) is 10.8. The van der Waals surface area contributed by atoms with Crippen LogP contribution in [0.1, 0.15) is 48.7 Å². The first kappa shape index (κ1) is 22.2. The number of methoxy groups -OCH3 is 1. The molecule has 0 saturated carbocycles. The monoisotopic (exact) mass is 449 g/mol. The molecule has 0 atom stereocenters. The zero-order chi connectivity index (χ0) is 20.5. The Kier molecular flexibility index (Phi) is 8.80. The Morgan fingerprint density at radius 1 is 1.18 bits per heavy atom. The van der Waals surface area contributed by atoms with Crippen molar-refractivity contribution in [3.63, 3.8) is 0 Å². The lowest BCUT2D eigenvalue weighted by atomic mass is 10.1. The van der Waals surface area contributed by atoms with Crippen molar-refractivity contribution < 1.29 is 19.0 Å². The van der Waals surface area contributed by atoms with E-state index in [2.05, 4.69) is 21.2 Å². The highest BCUT2D eigenvalue weighted by Gasteiger charge is 2.15. The Balaban J connectivity index is 2.05. The fourth-order valence-corrected chi connectivity index (χ4v) is 3.13. The van der Waals surface area contributed by atoms with Gasteiger partial charge in [-0.3, -0.25) is 4.79 Å². The van der Waals surface area contributed by atoms with Gasteiger partial charge >= 0.3 is 0 Å². The van der Waals surface area contributed by atoms with Gasteiger partial charge in [-0.05, 0) is 59.5 Å². The van der Waals surface area contributed by atoms with Crippen molar-refractivity contribution in [2.45, 2.75) is 46.4 Å². The molecule has 0 fully saturated rings. The molecule has 0 radical (unpaired) electrons. The molecule has 2 aromatic carbocycles. The van der Waals surface area contributed by atoms with E-state index in [4.69, 9.17) is 14.2 Å². The third-order valence-corrected chi connectivity index (χ3v) is 4.56. The predicted molar refractivity (Wildman–Crippen MR) is 114 cm³/mol. The van der Waals surface area contributed by atoms with Gasteiger partial charge in [0.1, 0.15) is 0 Å². The van der Waals surface area contributed by atoms with Gasteiger partial charge in [-0.25, -0.2) is 0 Å². The molecule has 5 nitrogen and oxygen atoms in total. The summed E-state index contributed by atoms with van der Waals surface area (Å²) in [6.45, 7) is 7.62. The summed E-state index contributed by atoms with van der Waals surface area (Å²) < 4.78 is 17.4. The van der Waals surface area contributed by atoms with E-state index >= 15 is 0 Å². The summed E-state index contributed by atoms with van der Waals surface area (Å²) in [4.78, 5) is 12.6. The minimum absolute atomic E-state index is 0.176. The van der Waals surface area contributed by atoms with Crippen molar-refractivity contribution in [3.05, 3.63) is 57.6 Å². The maximum atomic E-state index is 12.6. The number of rotatable bonds is 10. The SMILES string of the molecule is CCCOc1c(Br)cc(C(=O)NCc2cccc(COC(C)C)c2)cc1OC. The molecule has 0 heterocycles. The minimum atomic E-state index is -0.176. The zero-order valence-electron chi connectivity index (χ0n) is 16.9. The van der Waals surface area contributed by atoms with E-state index in [0.717, 1.165) is 17.5 Å². The van der Waals surface area contributed by atoms with E-state index in [1.165, 1.54) is 0 Å². The molecule has 0 saturated heterocycles. The third kappa shape index (κ3) is 6.53. The molecule has 1 amide bonds. The first-order valence-corrected chi connectivity index (χ1v) is 10.2. The van der Waals surface area contributed by atoms with Gasteiger partial charge in [0, 0.05) is 12.1 Å². The maximum absolute atomic E-state index is 12.6. The number of hydrogen-bond acceptors (Lipinski definition) is 4. The Hall–Kier alpha value is -2.05. The van der Waals surface area contributed by atoms with E-state index in [9.17, 15) is 4.79 Å². The van der Waals surface area contributed by atoms with Crippen LogP contribution in [0.15, 0.2) is 40.9 Å². The van der Waals surface area contributed by atoms with Crippen LogP contribution in [0, 0.1) is 0 Å². The number of carbonyl (C=O) groups is 1. The van der Waals surface area contributed by atoms with Crippen LogP contribution >= 0.6 is 15.9 Å². The number of hydrogen-bond donors (Lipinski definition) is 1. The number of benzene rings is 2. The number of halogens is 1. The van der Waals surface area contributed by atoms with Crippen LogP contribution in [0.3, 0.4) is 0 Å². The Bertz CT molecular complexity index is 792. The van der Waals surface area contributed by atoms with Crippen LogP contribution in [-0.2, 0) is 17.9 Å². The second-order valence-corrected chi connectivity index (χ2v) is 7.55. The molecule has 0 aliphatic rings. The van der Waals surface area contributed by atoms with Gasteiger partial charge < -0.3 is 19.5 Å². The van der Waals surface area contributed by atoms with Gasteiger partial charge in [0.05, 0.1) is 30.9 Å². The summed E-state index contributed by atoms with van der Waals surface area (Å²) in [7, 11) is 1.56. The largest absolute Gasteiger partial charge is 0.493 e. The Labute approximate surface area is 175 Å². The number of amides is 1. The second kappa shape index (κ2) is 11.1. The topological polar surface area (TPSA) is 56.8 Å². The summed E-state index contributed by atoms with van der Waals surface area (Å²) in [5.41, 5.74) is 2.61. The molecule has 2 aromatic rings.